The van der Waals surface area contributed by atoms with E-state index >= 15 is 0 Å². The summed E-state index contributed by atoms with van der Waals surface area (Å²) in [6.45, 7) is 3.51. The van der Waals surface area contributed by atoms with E-state index in [2.05, 4.69) is 0 Å². The number of halogens is 1. The van der Waals surface area contributed by atoms with Gasteiger partial charge in [-0.2, -0.15) is 0 Å². The Morgan fingerprint density at radius 3 is 2.44 bits per heavy atom. The minimum Gasteiger partial charge on any atom is -0.451 e. The molecular formula is C22H25ClN2O6S. The van der Waals surface area contributed by atoms with Gasteiger partial charge >= 0.3 is 5.97 Å². The van der Waals surface area contributed by atoms with Crippen molar-refractivity contribution < 1.29 is 27.5 Å². The molecule has 10 heteroatoms. The second kappa shape index (κ2) is 9.99. The normalized spacial score (nSPS) is 15.5. The highest BCUT2D eigenvalue weighted by Gasteiger charge is 2.27. The lowest BCUT2D eigenvalue weighted by molar-refractivity contribution is 0.0318. The SMILES string of the molecule is CC(OC(=O)c1cc(S(=O)(=O)N(C)C)ccc1N1CCOCC1)C(=O)c1cccc(Cl)c1. The second-order valence-corrected chi connectivity index (χ2v) is 10.1. The van der Waals surface area contributed by atoms with Crippen molar-refractivity contribution in [1.29, 1.82) is 0 Å². The summed E-state index contributed by atoms with van der Waals surface area (Å²) < 4.78 is 37.1. The van der Waals surface area contributed by atoms with Gasteiger partial charge in [-0.1, -0.05) is 23.7 Å². The van der Waals surface area contributed by atoms with Gasteiger partial charge in [0.15, 0.2) is 6.10 Å². The van der Waals surface area contributed by atoms with Crippen LogP contribution in [-0.2, 0) is 19.5 Å². The van der Waals surface area contributed by atoms with E-state index in [1.807, 2.05) is 4.90 Å². The minimum absolute atomic E-state index is 0.0414. The molecule has 1 aliphatic rings. The van der Waals surface area contributed by atoms with Crippen molar-refractivity contribution in [3.8, 4) is 0 Å². The number of hydrogen-bond acceptors (Lipinski definition) is 7. The third-order valence-electron chi connectivity index (χ3n) is 5.08. The van der Waals surface area contributed by atoms with E-state index in [4.69, 9.17) is 21.1 Å². The molecule has 0 spiro atoms. The standard InChI is InChI=1S/C22H25ClN2O6S/c1-15(21(26)16-5-4-6-17(23)13-16)31-22(27)19-14-18(32(28,29)24(2)3)7-8-20(19)25-9-11-30-12-10-25/h4-8,13-15H,9-12H2,1-3H3. The van der Waals surface area contributed by atoms with E-state index in [0.29, 0.717) is 42.6 Å². The fraction of sp³-hybridized carbons (Fsp3) is 0.364. The molecule has 0 radical (unpaired) electrons. The maximum absolute atomic E-state index is 13.1. The van der Waals surface area contributed by atoms with Gasteiger partial charge in [0.1, 0.15) is 0 Å². The van der Waals surface area contributed by atoms with Crippen LogP contribution in [0.4, 0.5) is 5.69 Å². The molecule has 0 amide bonds. The number of anilines is 1. The van der Waals surface area contributed by atoms with Gasteiger partial charge < -0.3 is 14.4 Å². The minimum atomic E-state index is -3.77. The Balaban J connectivity index is 1.93. The van der Waals surface area contributed by atoms with Crippen molar-refractivity contribution in [2.75, 3.05) is 45.3 Å². The highest BCUT2D eigenvalue weighted by atomic mass is 35.5. The van der Waals surface area contributed by atoms with Crippen LogP contribution >= 0.6 is 11.6 Å². The highest BCUT2D eigenvalue weighted by Crippen LogP contribution is 2.27. The molecule has 0 N–H and O–H groups in total. The molecule has 8 nitrogen and oxygen atoms in total. The van der Waals surface area contributed by atoms with Crippen LogP contribution in [0.15, 0.2) is 47.4 Å². The van der Waals surface area contributed by atoms with Crippen molar-refractivity contribution in [1.82, 2.24) is 4.31 Å². The Bertz CT molecular complexity index is 1110. The number of rotatable bonds is 7. The van der Waals surface area contributed by atoms with Gasteiger partial charge in [0.25, 0.3) is 0 Å². The molecule has 0 aromatic heterocycles. The van der Waals surface area contributed by atoms with Crippen LogP contribution in [0, 0.1) is 0 Å². The first-order valence-electron chi connectivity index (χ1n) is 10.0. The lowest BCUT2D eigenvalue weighted by atomic mass is 10.1. The number of morpholine rings is 1. The van der Waals surface area contributed by atoms with Crippen LogP contribution in [-0.4, -0.2) is 71.0 Å². The molecule has 1 heterocycles. The quantitative estimate of drug-likeness (QED) is 0.444. The van der Waals surface area contributed by atoms with Gasteiger partial charge in [0, 0.05) is 37.8 Å². The summed E-state index contributed by atoms with van der Waals surface area (Å²) >= 11 is 5.95. The molecule has 0 saturated carbocycles. The van der Waals surface area contributed by atoms with Crippen LogP contribution in [0.1, 0.15) is 27.6 Å². The molecule has 1 atom stereocenters. The van der Waals surface area contributed by atoms with Crippen molar-refractivity contribution in [2.24, 2.45) is 0 Å². The number of carbonyl (C=O) groups is 2. The van der Waals surface area contributed by atoms with E-state index in [-0.39, 0.29) is 10.5 Å². The van der Waals surface area contributed by atoms with E-state index in [1.54, 1.807) is 24.3 Å². The van der Waals surface area contributed by atoms with Gasteiger partial charge in [-0.15, -0.1) is 0 Å². The molecule has 0 bridgehead atoms. The number of ketones is 1. The number of ether oxygens (including phenoxy) is 2. The van der Waals surface area contributed by atoms with E-state index in [9.17, 15) is 18.0 Å². The van der Waals surface area contributed by atoms with Crippen LogP contribution in [0.2, 0.25) is 5.02 Å². The number of Topliss-reactive ketones (excluding diaryl/α,β-unsaturated/α-hetero) is 1. The van der Waals surface area contributed by atoms with E-state index in [0.717, 1.165) is 4.31 Å². The Morgan fingerprint density at radius 2 is 1.81 bits per heavy atom. The Morgan fingerprint density at radius 1 is 1.12 bits per heavy atom. The summed E-state index contributed by atoms with van der Waals surface area (Å²) in [6, 6.07) is 10.7. The molecule has 0 aliphatic carbocycles. The van der Waals surface area contributed by atoms with Crippen LogP contribution in [0.25, 0.3) is 0 Å². The zero-order valence-corrected chi connectivity index (χ0v) is 19.6. The molecule has 2 aromatic rings. The molecule has 1 fully saturated rings. The van der Waals surface area contributed by atoms with Crippen LogP contribution < -0.4 is 4.90 Å². The maximum atomic E-state index is 13.1. The first-order chi connectivity index (χ1) is 15.1. The number of benzene rings is 2. The summed E-state index contributed by atoms with van der Waals surface area (Å²) in [5.41, 5.74) is 0.911. The van der Waals surface area contributed by atoms with Crippen LogP contribution in [0.5, 0.6) is 0 Å². The summed E-state index contributed by atoms with van der Waals surface area (Å²) in [5.74, 6) is -1.20. The summed E-state index contributed by atoms with van der Waals surface area (Å²) in [7, 11) is -0.949. The number of hydrogen-bond donors (Lipinski definition) is 0. The molecule has 2 aromatic carbocycles. The fourth-order valence-corrected chi connectivity index (χ4v) is 4.40. The lowest BCUT2D eigenvalue weighted by Crippen LogP contribution is -2.37. The number of nitrogens with zero attached hydrogens (tertiary/aromatic N) is 2. The molecule has 172 valence electrons. The Labute approximate surface area is 192 Å². The molecule has 32 heavy (non-hydrogen) atoms. The van der Waals surface area contributed by atoms with E-state index < -0.39 is 27.9 Å². The number of esters is 1. The fourth-order valence-electron chi connectivity index (χ4n) is 3.28. The number of carbonyl (C=O) groups excluding carboxylic acids is 2. The predicted molar refractivity (Wildman–Crippen MR) is 121 cm³/mol. The predicted octanol–water partition coefficient (Wildman–Crippen LogP) is 2.86. The monoisotopic (exact) mass is 480 g/mol. The number of sulfonamides is 1. The summed E-state index contributed by atoms with van der Waals surface area (Å²) in [6.07, 6.45) is -1.09. The summed E-state index contributed by atoms with van der Waals surface area (Å²) in [4.78, 5) is 27.7. The van der Waals surface area contributed by atoms with Gasteiger partial charge in [-0.25, -0.2) is 17.5 Å². The molecule has 3 rings (SSSR count). The third-order valence-corrected chi connectivity index (χ3v) is 7.13. The molecule has 1 saturated heterocycles. The van der Waals surface area contributed by atoms with E-state index in [1.165, 1.54) is 39.2 Å². The Hall–Kier alpha value is -2.46. The average Bonchev–Trinajstić information content (AvgIpc) is 2.78. The molecule has 1 aliphatic heterocycles. The smallest absolute Gasteiger partial charge is 0.341 e. The molecular weight excluding hydrogens is 456 g/mol. The first kappa shape index (κ1) is 24.2. The largest absolute Gasteiger partial charge is 0.451 e. The maximum Gasteiger partial charge on any atom is 0.341 e. The second-order valence-electron chi connectivity index (χ2n) is 7.49. The van der Waals surface area contributed by atoms with Crippen LogP contribution in [0.3, 0.4) is 0 Å². The van der Waals surface area contributed by atoms with Crippen molar-refractivity contribution in [3.05, 3.63) is 58.6 Å². The lowest BCUT2D eigenvalue weighted by Gasteiger charge is -2.30. The summed E-state index contributed by atoms with van der Waals surface area (Å²) in [5, 5.41) is 0.394. The topological polar surface area (TPSA) is 93.2 Å². The van der Waals surface area contributed by atoms with Gasteiger partial charge in [-0.3, -0.25) is 4.79 Å². The molecule has 1 unspecified atom stereocenters. The average molecular weight is 481 g/mol. The van der Waals surface area contributed by atoms with Crippen molar-refractivity contribution in [3.63, 3.8) is 0 Å². The van der Waals surface area contributed by atoms with Crippen molar-refractivity contribution >= 4 is 39.1 Å². The zero-order chi connectivity index (χ0) is 23.5. The van der Waals surface area contributed by atoms with Gasteiger partial charge in [0.2, 0.25) is 15.8 Å². The Kier molecular flexibility index (Phi) is 7.55. The van der Waals surface area contributed by atoms with Crippen molar-refractivity contribution in [2.45, 2.75) is 17.9 Å². The first-order valence-corrected chi connectivity index (χ1v) is 11.8. The van der Waals surface area contributed by atoms with Gasteiger partial charge in [0.05, 0.1) is 29.4 Å². The third kappa shape index (κ3) is 5.29. The highest BCUT2D eigenvalue weighted by molar-refractivity contribution is 7.89. The van der Waals surface area contributed by atoms with Gasteiger partial charge in [-0.05, 0) is 37.3 Å². The zero-order valence-electron chi connectivity index (χ0n) is 18.1.